The Kier molecular flexibility index (Phi) is 14.9. The predicted molar refractivity (Wildman–Crippen MR) is 128 cm³/mol. The lowest BCUT2D eigenvalue weighted by Crippen LogP contribution is -2.27. The molecule has 0 saturated carbocycles. The maximum absolute atomic E-state index is 12.4. The van der Waals surface area contributed by atoms with Crippen molar-refractivity contribution in [2.75, 3.05) is 30.4 Å². The third kappa shape index (κ3) is 12.0. The fourth-order valence-electron chi connectivity index (χ4n) is 2.67. The van der Waals surface area contributed by atoms with E-state index in [1.165, 1.54) is 25.5 Å². The Balaban J connectivity index is 0.000000580. The van der Waals surface area contributed by atoms with Gasteiger partial charge in [-0.1, -0.05) is 32.4 Å². The van der Waals surface area contributed by atoms with Gasteiger partial charge in [-0.3, -0.25) is 4.79 Å². The van der Waals surface area contributed by atoms with Crippen molar-refractivity contribution in [3.63, 3.8) is 0 Å². The summed E-state index contributed by atoms with van der Waals surface area (Å²) in [5.41, 5.74) is 1.45. The Hall–Kier alpha value is -2.54. The van der Waals surface area contributed by atoms with Crippen molar-refractivity contribution in [2.45, 2.75) is 47.0 Å². The van der Waals surface area contributed by atoms with Gasteiger partial charge in [0.25, 0.3) is 0 Å². The lowest BCUT2D eigenvalue weighted by atomic mass is 10.1. The van der Waals surface area contributed by atoms with Gasteiger partial charge in [0.2, 0.25) is 5.56 Å². The molecule has 0 bridgehead atoms. The third-order valence-corrected chi connectivity index (χ3v) is 4.43. The van der Waals surface area contributed by atoms with E-state index < -0.39 is 5.82 Å². The van der Waals surface area contributed by atoms with Crippen LogP contribution < -0.4 is 15.8 Å². The quantitative estimate of drug-likeness (QED) is 0.460. The summed E-state index contributed by atoms with van der Waals surface area (Å²) in [5.74, 6) is -0.214. The number of rotatable bonds is 8. The van der Waals surface area contributed by atoms with Crippen LogP contribution in [0.25, 0.3) is 0 Å². The molecular formula is C23H35ClFN3O3. The molecule has 0 atom stereocenters. The number of phenolic OH excluding ortho intramolecular Hbond substituents is 1. The number of aromatic hydroxyl groups is 1. The summed E-state index contributed by atoms with van der Waals surface area (Å²) in [4.78, 5) is 25.0. The lowest BCUT2D eigenvalue weighted by Gasteiger charge is -2.25. The highest BCUT2D eigenvalue weighted by Gasteiger charge is 2.10. The van der Waals surface area contributed by atoms with Crippen LogP contribution in [0.3, 0.4) is 0 Å². The van der Waals surface area contributed by atoms with E-state index in [-0.39, 0.29) is 11.3 Å². The van der Waals surface area contributed by atoms with E-state index in [9.17, 15) is 9.18 Å². The smallest absolute Gasteiger partial charge is 0.250 e. The molecule has 3 N–H and O–H groups in total. The highest BCUT2D eigenvalue weighted by atomic mass is 35.5. The Morgan fingerprint density at radius 3 is 2.45 bits per heavy atom. The van der Waals surface area contributed by atoms with Gasteiger partial charge in [-0.05, 0) is 44.2 Å². The summed E-state index contributed by atoms with van der Waals surface area (Å²) in [6.07, 6.45) is 5.69. The zero-order chi connectivity index (χ0) is 23.8. The van der Waals surface area contributed by atoms with Gasteiger partial charge < -0.3 is 25.1 Å². The van der Waals surface area contributed by atoms with Crippen molar-refractivity contribution < 1.29 is 14.3 Å². The van der Waals surface area contributed by atoms with Gasteiger partial charge >= 0.3 is 0 Å². The maximum atomic E-state index is 12.4. The number of hydrogen-bond acceptors (Lipinski definition) is 5. The number of nitrogens with one attached hydrogen (secondary N) is 2. The molecule has 1 aromatic heterocycles. The van der Waals surface area contributed by atoms with E-state index in [1.807, 2.05) is 0 Å². The topological polar surface area (TPSA) is 85.4 Å². The maximum Gasteiger partial charge on any atom is 0.250 e. The number of hydrogen-bond donors (Lipinski definition) is 3. The van der Waals surface area contributed by atoms with Crippen molar-refractivity contribution in [3.8, 4) is 5.75 Å². The Morgan fingerprint density at radius 1 is 1.29 bits per heavy atom. The van der Waals surface area contributed by atoms with Crippen molar-refractivity contribution in [1.29, 1.82) is 0 Å². The van der Waals surface area contributed by atoms with Gasteiger partial charge in [0, 0.05) is 44.2 Å². The Labute approximate surface area is 189 Å². The molecule has 2 rings (SSSR count). The summed E-state index contributed by atoms with van der Waals surface area (Å²) < 4.78 is 12.4. The number of aromatic amines is 1. The van der Waals surface area contributed by atoms with E-state index in [4.69, 9.17) is 21.5 Å². The van der Waals surface area contributed by atoms with Crippen LogP contribution in [0, 0.1) is 11.7 Å². The number of anilines is 2. The fourth-order valence-corrected chi connectivity index (χ4v) is 2.90. The number of carbonyl (C=O) groups is 1. The van der Waals surface area contributed by atoms with E-state index in [1.54, 1.807) is 25.4 Å². The van der Waals surface area contributed by atoms with Gasteiger partial charge in [0.15, 0.2) is 11.6 Å². The molecule has 6 nitrogen and oxygen atoms in total. The Bertz CT molecular complexity index is 828. The summed E-state index contributed by atoms with van der Waals surface area (Å²) in [6.45, 7) is 9.92. The number of nitrogens with zero attached hydrogens (tertiary/aromatic N) is 1. The first-order valence-electron chi connectivity index (χ1n) is 10.4. The molecule has 1 heterocycles. The molecule has 0 fully saturated rings. The highest BCUT2D eigenvalue weighted by Crippen LogP contribution is 2.24. The first-order valence-corrected chi connectivity index (χ1v) is 10.8. The normalized spacial score (nSPS) is 9.81. The summed E-state index contributed by atoms with van der Waals surface area (Å²) in [5, 5.41) is 12.2. The van der Waals surface area contributed by atoms with Crippen molar-refractivity contribution in [3.05, 3.63) is 51.7 Å². The summed E-state index contributed by atoms with van der Waals surface area (Å²) in [7, 11) is 1.70. The molecule has 0 amide bonds. The number of H-pyrrole nitrogens is 1. The van der Waals surface area contributed by atoms with Crippen LogP contribution in [-0.2, 0) is 4.79 Å². The second kappa shape index (κ2) is 16.2. The first-order chi connectivity index (χ1) is 14.7. The Morgan fingerprint density at radius 2 is 1.94 bits per heavy atom. The molecule has 1 aromatic carbocycles. The molecule has 31 heavy (non-hydrogen) atoms. The number of pyridine rings is 1. The number of carbonyl (C=O) groups excluding carboxylic acids is 1. The van der Waals surface area contributed by atoms with Crippen molar-refractivity contribution in [1.82, 2.24) is 4.98 Å². The largest absolute Gasteiger partial charge is 0.505 e. The number of phenols is 1. The zero-order valence-electron chi connectivity index (χ0n) is 19.0. The van der Waals surface area contributed by atoms with Crippen LogP contribution in [0.15, 0.2) is 35.3 Å². The zero-order valence-corrected chi connectivity index (χ0v) is 19.8. The molecule has 0 aliphatic carbocycles. The van der Waals surface area contributed by atoms with Crippen LogP contribution in [0.4, 0.5) is 15.8 Å². The predicted octanol–water partition coefficient (Wildman–Crippen LogP) is 5.46. The average Bonchev–Trinajstić information content (AvgIpc) is 2.72. The standard InChI is InChI=1S/C14H23ClN2O.C7H8FNO.C2H4O/c1-4-7-17(8-5-6-11(2)3)13-9-14(18)16-10-12(13)15;1-9-5-2-3-6(8)7(10)4-5;1-2-3/h9-11H,4-8H2,1-3H3,(H,16,18);2-4,9-10H,1H3;2H,1H3. The summed E-state index contributed by atoms with van der Waals surface area (Å²) >= 11 is 6.16. The van der Waals surface area contributed by atoms with Gasteiger partial charge in [0.05, 0.1) is 10.7 Å². The first kappa shape index (κ1) is 28.5. The highest BCUT2D eigenvalue weighted by molar-refractivity contribution is 6.33. The number of aromatic nitrogens is 1. The SMILES string of the molecule is CC=O.CCCN(CCCC(C)C)c1cc(=O)[nH]cc1Cl.CNc1ccc(F)c(O)c1. The van der Waals surface area contributed by atoms with Crippen molar-refractivity contribution in [2.24, 2.45) is 5.92 Å². The van der Waals surface area contributed by atoms with Crippen LogP contribution >= 0.6 is 11.6 Å². The molecule has 174 valence electrons. The molecule has 2 aromatic rings. The number of halogens is 2. The van der Waals surface area contributed by atoms with Crippen LogP contribution in [0.1, 0.15) is 47.0 Å². The lowest BCUT2D eigenvalue weighted by molar-refractivity contribution is -0.106. The third-order valence-electron chi connectivity index (χ3n) is 4.13. The minimum absolute atomic E-state index is 0.0978. The molecule has 0 unspecified atom stereocenters. The average molecular weight is 456 g/mol. The van der Waals surface area contributed by atoms with E-state index in [0.29, 0.717) is 16.6 Å². The van der Waals surface area contributed by atoms with Gasteiger partial charge in [-0.15, -0.1) is 0 Å². The molecular weight excluding hydrogens is 421 g/mol. The fraction of sp³-hybridized carbons (Fsp3) is 0.478. The van der Waals surface area contributed by atoms with E-state index in [0.717, 1.165) is 37.9 Å². The summed E-state index contributed by atoms with van der Waals surface area (Å²) in [6, 6.07) is 5.68. The molecule has 0 aliphatic rings. The second-order valence-corrected chi connectivity index (χ2v) is 7.61. The molecule has 0 radical (unpaired) electrons. The molecule has 0 saturated heterocycles. The second-order valence-electron chi connectivity index (χ2n) is 7.21. The minimum atomic E-state index is -0.598. The van der Waals surface area contributed by atoms with Crippen LogP contribution in [-0.4, -0.2) is 36.5 Å². The molecule has 8 heteroatoms. The number of aldehydes is 1. The van der Waals surface area contributed by atoms with Crippen LogP contribution in [0.5, 0.6) is 5.75 Å². The monoisotopic (exact) mass is 455 g/mol. The minimum Gasteiger partial charge on any atom is -0.505 e. The van der Waals surface area contributed by atoms with E-state index in [2.05, 4.69) is 36.0 Å². The van der Waals surface area contributed by atoms with E-state index >= 15 is 0 Å². The van der Waals surface area contributed by atoms with Gasteiger partial charge in [0.1, 0.15) is 6.29 Å². The van der Waals surface area contributed by atoms with Gasteiger partial charge in [-0.25, -0.2) is 4.39 Å². The molecule has 0 aliphatic heterocycles. The van der Waals surface area contributed by atoms with Crippen molar-refractivity contribution >= 4 is 29.3 Å². The number of benzene rings is 1. The van der Waals surface area contributed by atoms with Crippen LogP contribution in [0.2, 0.25) is 5.02 Å². The van der Waals surface area contributed by atoms with Gasteiger partial charge in [-0.2, -0.15) is 0 Å². The molecule has 0 spiro atoms.